The van der Waals surface area contributed by atoms with Crippen molar-refractivity contribution >= 4 is 23.1 Å². The van der Waals surface area contributed by atoms with Crippen molar-refractivity contribution in [2.45, 2.75) is 12.8 Å². The number of hydrogen-bond acceptors (Lipinski definition) is 5. The maximum Gasteiger partial charge on any atom is 0.223 e. The van der Waals surface area contributed by atoms with Gasteiger partial charge in [-0.15, -0.1) is 0 Å². The number of nitrogens with zero attached hydrogens (tertiary/aromatic N) is 2. The maximum atomic E-state index is 12.0. The summed E-state index contributed by atoms with van der Waals surface area (Å²) in [6.45, 7) is 4.16. The predicted octanol–water partition coefficient (Wildman–Crippen LogP) is 0.106. The first kappa shape index (κ1) is 19.2. The van der Waals surface area contributed by atoms with E-state index in [1.165, 1.54) is 0 Å². The first-order valence-electron chi connectivity index (χ1n) is 6.73. The highest BCUT2D eigenvalue weighted by Gasteiger charge is 2.12. The van der Waals surface area contributed by atoms with Gasteiger partial charge in [0.1, 0.15) is 0 Å². The Morgan fingerprint density at radius 1 is 1.05 bits per heavy atom. The van der Waals surface area contributed by atoms with Crippen molar-refractivity contribution in [3.8, 4) is 0 Å². The predicted molar refractivity (Wildman–Crippen MR) is 83.8 cm³/mol. The van der Waals surface area contributed by atoms with Crippen LogP contribution in [0.15, 0.2) is 0 Å². The summed E-state index contributed by atoms with van der Waals surface area (Å²) in [4.78, 5) is 16.2. The molecule has 0 aliphatic rings. The largest absolute Gasteiger partial charge is 0.393 e. The molecule has 7 heteroatoms. The molecule has 0 aromatic rings. The number of thiocarbonyl (C=S) groups is 1. The summed E-state index contributed by atoms with van der Waals surface area (Å²) < 4.78 is 10.1. The van der Waals surface area contributed by atoms with E-state index in [1.54, 1.807) is 26.2 Å². The number of carbonyl (C=O) groups excluding carboxylic acids is 1. The summed E-state index contributed by atoms with van der Waals surface area (Å²) in [5, 5.41) is 0. The molecular formula is C13H27N3O3S. The molecule has 0 aromatic heterocycles. The average Bonchev–Trinajstić information content (AvgIpc) is 2.43. The summed E-state index contributed by atoms with van der Waals surface area (Å²) in [7, 11) is 5.11. The molecule has 0 fully saturated rings. The van der Waals surface area contributed by atoms with E-state index in [0.717, 1.165) is 13.1 Å². The third-order valence-corrected chi connectivity index (χ3v) is 3.19. The highest BCUT2D eigenvalue weighted by Crippen LogP contribution is 1.98. The lowest BCUT2D eigenvalue weighted by atomic mass is 10.3. The van der Waals surface area contributed by atoms with Crippen LogP contribution in [0.5, 0.6) is 0 Å². The Morgan fingerprint density at radius 3 is 2.05 bits per heavy atom. The quantitative estimate of drug-likeness (QED) is 0.516. The van der Waals surface area contributed by atoms with Crippen molar-refractivity contribution in [3.05, 3.63) is 0 Å². The van der Waals surface area contributed by atoms with Crippen LogP contribution in [0.4, 0.5) is 0 Å². The zero-order valence-electron chi connectivity index (χ0n) is 12.8. The Bertz CT molecular complexity index is 282. The SMILES string of the molecule is COCCN(CCOC)CCC(=O)N(C)CCC(N)=S. The van der Waals surface area contributed by atoms with Gasteiger partial charge in [0.25, 0.3) is 0 Å². The molecule has 118 valence electrons. The van der Waals surface area contributed by atoms with Gasteiger partial charge in [0, 0.05) is 60.3 Å². The molecule has 0 aliphatic carbocycles. The van der Waals surface area contributed by atoms with E-state index in [2.05, 4.69) is 4.90 Å². The topological polar surface area (TPSA) is 68.0 Å². The highest BCUT2D eigenvalue weighted by atomic mass is 32.1. The van der Waals surface area contributed by atoms with Crippen LogP contribution < -0.4 is 5.73 Å². The van der Waals surface area contributed by atoms with Crippen molar-refractivity contribution in [1.82, 2.24) is 9.80 Å². The van der Waals surface area contributed by atoms with Gasteiger partial charge in [-0.05, 0) is 0 Å². The van der Waals surface area contributed by atoms with Crippen LogP contribution in [0.25, 0.3) is 0 Å². The van der Waals surface area contributed by atoms with Crippen LogP contribution in [-0.4, -0.2) is 81.4 Å². The molecule has 0 unspecified atom stereocenters. The summed E-state index contributed by atoms with van der Waals surface area (Å²) in [5.41, 5.74) is 5.43. The van der Waals surface area contributed by atoms with E-state index in [9.17, 15) is 4.79 Å². The van der Waals surface area contributed by atoms with Gasteiger partial charge in [-0.2, -0.15) is 0 Å². The van der Waals surface area contributed by atoms with Crippen LogP contribution in [0, 0.1) is 0 Å². The van der Waals surface area contributed by atoms with Crippen LogP contribution >= 0.6 is 12.2 Å². The van der Waals surface area contributed by atoms with Crippen molar-refractivity contribution in [2.24, 2.45) is 5.73 Å². The molecule has 0 rings (SSSR count). The van der Waals surface area contributed by atoms with Crippen molar-refractivity contribution in [1.29, 1.82) is 0 Å². The Labute approximate surface area is 127 Å². The minimum atomic E-state index is 0.0982. The Hall–Kier alpha value is -0.760. The van der Waals surface area contributed by atoms with E-state index < -0.39 is 0 Å². The highest BCUT2D eigenvalue weighted by molar-refractivity contribution is 7.80. The molecule has 0 saturated heterocycles. The molecule has 20 heavy (non-hydrogen) atoms. The van der Waals surface area contributed by atoms with Gasteiger partial charge < -0.3 is 20.1 Å². The number of amides is 1. The normalized spacial score (nSPS) is 10.8. The Kier molecular flexibility index (Phi) is 11.6. The zero-order chi connectivity index (χ0) is 15.4. The van der Waals surface area contributed by atoms with Gasteiger partial charge in [-0.1, -0.05) is 12.2 Å². The second-order valence-electron chi connectivity index (χ2n) is 4.61. The lowest BCUT2D eigenvalue weighted by molar-refractivity contribution is -0.130. The molecule has 0 radical (unpaired) electrons. The Balaban J connectivity index is 4.03. The van der Waals surface area contributed by atoms with Gasteiger partial charge in [-0.25, -0.2) is 0 Å². The summed E-state index contributed by atoms with van der Waals surface area (Å²) in [6.07, 6.45) is 1.04. The second-order valence-corrected chi connectivity index (χ2v) is 5.13. The fraction of sp³-hybridized carbons (Fsp3) is 0.846. The molecule has 0 spiro atoms. The summed E-state index contributed by atoms with van der Waals surface area (Å²) in [6, 6.07) is 0. The summed E-state index contributed by atoms with van der Waals surface area (Å²) >= 11 is 4.81. The lowest BCUT2D eigenvalue weighted by Crippen LogP contribution is -2.36. The lowest BCUT2D eigenvalue weighted by Gasteiger charge is -2.23. The number of rotatable bonds is 12. The molecule has 0 aliphatic heterocycles. The molecule has 0 saturated carbocycles. The molecule has 0 bridgehead atoms. The van der Waals surface area contributed by atoms with E-state index >= 15 is 0 Å². The van der Waals surface area contributed by atoms with Crippen molar-refractivity contribution in [3.63, 3.8) is 0 Å². The van der Waals surface area contributed by atoms with Gasteiger partial charge in [-0.3, -0.25) is 9.69 Å². The minimum absolute atomic E-state index is 0.0982. The number of ether oxygens (including phenoxy) is 2. The van der Waals surface area contributed by atoms with Gasteiger partial charge in [0.05, 0.1) is 18.2 Å². The molecule has 6 nitrogen and oxygen atoms in total. The van der Waals surface area contributed by atoms with E-state index in [4.69, 9.17) is 27.4 Å². The van der Waals surface area contributed by atoms with Gasteiger partial charge in [0.2, 0.25) is 5.91 Å². The third kappa shape index (κ3) is 10.1. The van der Waals surface area contributed by atoms with E-state index in [1.807, 2.05) is 0 Å². The zero-order valence-corrected chi connectivity index (χ0v) is 13.6. The van der Waals surface area contributed by atoms with Gasteiger partial charge >= 0.3 is 0 Å². The molecular weight excluding hydrogens is 278 g/mol. The number of methoxy groups -OCH3 is 2. The molecule has 2 N–H and O–H groups in total. The molecule has 1 amide bonds. The van der Waals surface area contributed by atoms with Crippen LogP contribution in [0.1, 0.15) is 12.8 Å². The number of hydrogen-bond donors (Lipinski definition) is 1. The van der Waals surface area contributed by atoms with Crippen molar-refractivity contribution < 1.29 is 14.3 Å². The third-order valence-electron chi connectivity index (χ3n) is 2.98. The smallest absolute Gasteiger partial charge is 0.223 e. The Morgan fingerprint density at radius 2 is 1.60 bits per heavy atom. The van der Waals surface area contributed by atoms with E-state index in [0.29, 0.717) is 44.1 Å². The average molecular weight is 305 g/mol. The molecule has 0 atom stereocenters. The van der Waals surface area contributed by atoms with Crippen LogP contribution in [0.2, 0.25) is 0 Å². The fourth-order valence-corrected chi connectivity index (χ4v) is 1.71. The molecule has 0 aromatic carbocycles. The van der Waals surface area contributed by atoms with Crippen LogP contribution in [-0.2, 0) is 14.3 Å². The molecule has 0 heterocycles. The fourth-order valence-electron chi connectivity index (χ4n) is 1.62. The maximum absolute atomic E-state index is 12.0. The number of carbonyl (C=O) groups is 1. The second kappa shape index (κ2) is 12.0. The first-order chi connectivity index (χ1) is 9.51. The van der Waals surface area contributed by atoms with Crippen molar-refractivity contribution in [2.75, 3.05) is 60.7 Å². The summed E-state index contributed by atoms with van der Waals surface area (Å²) in [5.74, 6) is 0.0982. The minimum Gasteiger partial charge on any atom is -0.393 e. The monoisotopic (exact) mass is 305 g/mol. The van der Waals surface area contributed by atoms with Crippen LogP contribution in [0.3, 0.4) is 0 Å². The first-order valence-corrected chi connectivity index (χ1v) is 7.14. The van der Waals surface area contributed by atoms with E-state index in [-0.39, 0.29) is 5.91 Å². The number of nitrogens with two attached hydrogens (primary N) is 1. The van der Waals surface area contributed by atoms with Gasteiger partial charge in [0.15, 0.2) is 0 Å². The standard InChI is InChI=1S/C13H27N3O3S/c1-15(6-4-12(14)20)13(17)5-7-16(8-10-18-2)9-11-19-3/h4-11H2,1-3H3,(H2,14,20).